The smallest absolute Gasteiger partial charge is 0.227 e. The lowest BCUT2D eigenvalue weighted by atomic mass is 10.0. The third-order valence-electron chi connectivity index (χ3n) is 3.22. The summed E-state index contributed by atoms with van der Waals surface area (Å²) in [4.78, 5) is 11.9. The molecule has 0 unspecified atom stereocenters. The second-order valence-electron chi connectivity index (χ2n) is 5.35. The first-order valence-corrected chi connectivity index (χ1v) is 7.21. The van der Waals surface area contributed by atoms with Gasteiger partial charge >= 0.3 is 0 Å². The molecular weight excluding hydrogens is 236 g/mol. The molecule has 106 valence electrons. The Bertz CT molecular complexity index is 380. The number of amides is 1. The molecule has 2 N–H and O–H groups in total. The van der Waals surface area contributed by atoms with Crippen molar-refractivity contribution in [1.82, 2.24) is 0 Å². The van der Waals surface area contributed by atoms with E-state index in [1.54, 1.807) is 0 Å². The van der Waals surface area contributed by atoms with Gasteiger partial charge in [-0.3, -0.25) is 4.79 Å². The molecular formula is C16H26N2O. The topological polar surface area (TPSA) is 41.1 Å². The van der Waals surface area contributed by atoms with Gasteiger partial charge in [-0.15, -0.1) is 0 Å². The van der Waals surface area contributed by atoms with Gasteiger partial charge in [-0.2, -0.15) is 0 Å². The molecule has 0 aliphatic carbocycles. The van der Waals surface area contributed by atoms with Crippen molar-refractivity contribution in [2.24, 2.45) is 11.8 Å². The van der Waals surface area contributed by atoms with E-state index in [1.165, 1.54) is 0 Å². The van der Waals surface area contributed by atoms with Gasteiger partial charge in [-0.1, -0.05) is 27.7 Å². The van der Waals surface area contributed by atoms with E-state index in [0.717, 1.165) is 30.8 Å². The largest absolute Gasteiger partial charge is 0.385 e. The van der Waals surface area contributed by atoms with Crippen LogP contribution in [0.15, 0.2) is 24.3 Å². The highest BCUT2D eigenvalue weighted by molar-refractivity contribution is 5.92. The summed E-state index contributed by atoms with van der Waals surface area (Å²) < 4.78 is 0. The molecule has 0 radical (unpaired) electrons. The number of benzene rings is 1. The molecule has 0 saturated carbocycles. The molecule has 0 aromatic heterocycles. The zero-order valence-electron chi connectivity index (χ0n) is 12.5. The van der Waals surface area contributed by atoms with Crippen LogP contribution in [0, 0.1) is 11.8 Å². The Hall–Kier alpha value is -1.51. The predicted molar refractivity (Wildman–Crippen MR) is 82.5 cm³/mol. The molecule has 0 aliphatic heterocycles. The predicted octanol–water partition coefficient (Wildman–Crippen LogP) is 4.13. The summed E-state index contributed by atoms with van der Waals surface area (Å²) in [5.41, 5.74) is 1.96. The highest BCUT2D eigenvalue weighted by Crippen LogP contribution is 2.16. The van der Waals surface area contributed by atoms with Crippen LogP contribution in [-0.4, -0.2) is 12.5 Å². The number of anilines is 2. The van der Waals surface area contributed by atoms with E-state index in [-0.39, 0.29) is 11.8 Å². The minimum Gasteiger partial charge on any atom is -0.385 e. The van der Waals surface area contributed by atoms with Crippen LogP contribution in [0.5, 0.6) is 0 Å². The Balaban J connectivity index is 2.54. The molecule has 3 heteroatoms. The van der Waals surface area contributed by atoms with Crippen LogP contribution in [0.3, 0.4) is 0 Å². The molecule has 0 spiro atoms. The standard InChI is InChI=1S/C16H26N2O/c1-5-13(6-2)16(19)18-15-9-7-14(8-10-15)17-11-12(3)4/h7-10,12-13,17H,5-6,11H2,1-4H3,(H,18,19). The second-order valence-corrected chi connectivity index (χ2v) is 5.35. The normalized spacial score (nSPS) is 10.8. The summed E-state index contributed by atoms with van der Waals surface area (Å²) in [6.45, 7) is 9.41. The van der Waals surface area contributed by atoms with Gasteiger partial charge < -0.3 is 10.6 Å². The third kappa shape index (κ3) is 5.33. The number of hydrogen-bond donors (Lipinski definition) is 2. The molecule has 1 rings (SSSR count). The Morgan fingerprint density at radius 1 is 1.05 bits per heavy atom. The maximum absolute atomic E-state index is 11.9. The van der Waals surface area contributed by atoms with E-state index in [2.05, 4.69) is 24.5 Å². The van der Waals surface area contributed by atoms with Crippen LogP contribution in [-0.2, 0) is 4.79 Å². The maximum Gasteiger partial charge on any atom is 0.227 e. The van der Waals surface area contributed by atoms with Gasteiger partial charge in [0.1, 0.15) is 0 Å². The first-order valence-electron chi connectivity index (χ1n) is 7.21. The van der Waals surface area contributed by atoms with Crippen molar-refractivity contribution in [2.75, 3.05) is 17.2 Å². The van der Waals surface area contributed by atoms with Crippen molar-refractivity contribution in [2.45, 2.75) is 40.5 Å². The summed E-state index contributed by atoms with van der Waals surface area (Å²) in [5.74, 6) is 0.848. The van der Waals surface area contributed by atoms with E-state index < -0.39 is 0 Å². The van der Waals surface area contributed by atoms with Gasteiger partial charge in [0.15, 0.2) is 0 Å². The number of rotatable bonds is 7. The van der Waals surface area contributed by atoms with E-state index in [0.29, 0.717) is 5.92 Å². The molecule has 0 fully saturated rings. The average Bonchev–Trinajstić information content (AvgIpc) is 2.39. The van der Waals surface area contributed by atoms with Crippen LogP contribution in [0.4, 0.5) is 11.4 Å². The van der Waals surface area contributed by atoms with Crippen LogP contribution in [0.2, 0.25) is 0 Å². The van der Waals surface area contributed by atoms with Crippen molar-refractivity contribution in [1.29, 1.82) is 0 Å². The number of carbonyl (C=O) groups excluding carboxylic acids is 1. The summed E-state index contributed by atoms with van der Waals surface area (Å²) >= 11 is 0. The summed E-state index contributed by atoms with van der Waals surface area (Å²) in [6.07, 6.45) is 1.77. The quantitative estimate of drug-likeness (QED) is 0.775. The van der Waals surface area contributed by atoms with Gasteiger partial charge in [0.2, 0.25) is 5.91 Å². The van der Waals surface area contributed by atoms with E-state index in [9.17, 15) is 4.79 Å². The number of hydrogen-bond acceptors (Lipinski definition) is 2. The minimum absolute atomic E-state index is 0.110. The zero-order valence-corrected chi connectivity index (χ0v) is 12.5. The minimum atomic E-state index is 0.110. The second kappa shape index (κ2) is 7.82. The van der Waals surface area contributed by atoms with Crippen LogP contribution in [0.25, 0.3) is 0 Å². The Labute approximate surface area is 116 Å². The van der Waals surface area contributed by atoms with Gasteiger partial charge in [0, 0.05) is 23.8 Å². The fourth-order valence-electron chi connectivity index (χ4n) is 1.90. The molecule has 19 heavy (non-hydrogen) atoms. The first kappa shape index (κ1) is 15.5. The molecule has 0 aliphatic rings. The lowest BCUT2D eigenvalue weighted by Gasteiger charge is -2.13. The van der Waals surface area contributed by atoms with Gasteiger partial charge in [0.25, 0.3) is 0 Å². The molecule has 3 nitrogen and oxygen atoms in total. The van der Waals surface area contributed by atoms with Crippen LogP contribution < -0.4 is 10.6 Å². The molecule has 1 amide bonds. The Morgan fingerprint density at radius 2 is 1.58 bits per heavy atom. The first-order chi connectivity index (χ1) is 9.06. The number of carbonyl (C=O) groups is 1. The lowest BCUT2D eigenvalue weighted by molar-refractivity contribution is -0.120. The average molecular weight is 262 g/mol. The Morgan fingerprint density at radius 3 is 2.05 bits per heavy atom. The molecule has 0 bridgehead atoms. The van der Waals surface area contributed by atoms with Crippen molar-refractivity contribution in [3.05, 3.63) is 24.3 Å². The SMILES string of the molecule is CCC(CC)C(=O)Nc1ccc(NCC(C)C)cc1. The lowest BCUT2D eigenvalue weighted by Crippen LogP contribution is -2.21. The van der Waals surface area contributed by atoms with E-state index >= 15 is 0 Å². The molecule has 1 aromatic carbocycles. The van der Waals surface area contributed by atoms with Crippen LogP contribution in [0.1, 0.15) is 40.5 Å². The fraction of sp³-hybridized carbons (Fsp3) is 0.562. The molecule has 0 saturated heterocycles. The van der Waals surface area contributed by atoms with Crippen LogP contribution >= 0.6 is 0 Å². The van der Waals surface area contributed by atoms with E-state index in [4.69, 9.17) is 0 Å². The van der Waals surface area contributed by atoms with Gasteiger partial charge in [-0.25, -0.2) is 0 Å². The number of nitrogens with one attached hydrogen (secondary N) is 2. The van der Waals surface area contributed by atoms with Crippen molar-refractivity contribution < 1.29 is 4.79 Å². The van der Waals surface area contributed by atoms with Gasteiger partial charge in [-0.05, 0) is 43.0 Å². The summed E-state index contributed by atoms with van der Waals surface area (Å²) in [6, 6.07) is 7.90. The highest BCUT2D eigenvalue weighted by atomic mass is 16.1. The van der Waals surface area contributed by atoms with Crippen molar-refractivity contribution in [3.8, 4) is 0 Å². The third-order valence-corrected chi connectivity index (χ3v) is 3.22. The van der Waals surface area contributed by atoms with Gasteiger partial charge in [0.05, 0.1) is 0 Å². The summed E-state index contributed by atoms with van der Waals surface area (Å²) in [5, 5.41) is 6.33. The fourth-order valence-corrected chi connectivity index (χ4v) is 1.90. The molecule has 0 heterocycles. The van der Waals surface area contributed by atoms with E-state index in [1.807, 2.05) is 38.1 Å². The van der Waals surface area contributed by atoms with Crippen molar-refractivity contribution in [3.63, 3.8) is 0 Å². The maximum atomic E-state index is 11.9. The summed E-state index contributed by atoms with van der Waals surface area (Å²) in [7, 11) is 0. The Kier molecular flexibility index (Phi) is 6.40. The highest BCUT2D eigenvalue weighted by Gasteiger charge is 2.13. The molecule has 1 aromatic rings. The monoisotopic (exact) mass is 262 g/mol. The van der Waals surface area contributed by atoms with Crippen molar-refractivity contribution >= 4 is 17.3 Å². The zero-order chi connectivity index (χ0) is 14.3. The molecule has 0 atom stereocenters.